The molecule has 0 aliphatic rings. The molecule has 18 heteroatoms. The van der Waals surface area contributed by atoms with Gasteiger partial charge in [-0.25, -0.2) is 9.13 Å². The number of phosphoric ester groups is 2. The van der Waals surface area contributed by atoms with E-state index in [0.717, 1.165) is 180 Å². The van der Waals surface area contributed by atoms with Gasteiger partial charge in [0.2, 0.25) is 0 Å². The average molecular weight is 1560 g/mol. The lowest BCUT2D eigenvalue weighted by molar-refractivity contribution is -0.161. The largest absolute Gasteiger partial charge is 0.472 e. The van der Waals surface area contributed by atoms with Crippen molar-refractivity contribution in [2.75, 3.05) is 39.6 Å². The quantitative estimate of drug-likeness (QED) is 0.0146. The Morgan fingerprint density at radius 1 is 0.257 bits per heavy atom. The maximum Gasteiger partial charge on any atom is 0.472 e. The summed E-state index contributed by atoms with van der Waals surface area (Å²) in [6.45, 7) is 2.25. The number of hydrogen-bond acceptors (Lipinski definition) is 14. The van der Waals surface area contributed by atoms with Crippen LogP contribution in [-0.4, -0.2) is 95.9 Å². The zero-order valence-electron chi connectivity index (χ0n) is 67.4. The average Bonchev–Trinajstić information content (AvgIpc) is 0.902. The molecule has 0 aromatic rings. The van der Waals surface area contributed by atoms with Gasteiger partial charge in [-0.15, -0.1) is 0 Å². The van der Waals surface area contributed by atoms with Crippen LogP contribution in [0.15, 0.2) is 207 Å². The summed E-state index contributed by atoms with van der Waals surface area (Å²) in [7, 11) is -9.83. The first-order valence-corrected chi connectivity index (χ1v) is 44.4. The summed E-state index contributed by atoms with van der Waals surface area (Å²) in [5.41, 5.74) is 0. The van der Waals surface area contributed by atoms with Crippen molar-refractivity contribution >= 4 is 33.6 Å². The summed E-state index contributed by atoms with van der Waals surface area (Å²) in [4.78, 5) is 58.8. The van der Waals surface area contributed by atoms with E-state index in [1.165, 1.54) is 51.4 Å². The summed E-state index contributed by atoms with van der Waals surface area (Å²) in [6.07, 6.45) is 109. The number of aliphatic hydroxyl groups excluding tert-OH is 2. The first kappa shape index (κ1) is 103. The predicted octanol–water partition coefficient (Wildman–Crippen LogP) is 24.9. The summed E-state index contributed by atoms with van der Waals surface area (Å²) in [5.74, 6) is -1.66. The van der Waals surface area contributed by atoms with Crippen LogP contribution in [0.4, 0.5) is 0 Å². The molecule has 0 bridgehead atoms. The highest BCUT2D eigenvalue weighted by Crippen LogP contribution is 2.45. The van der Waals surface area contributed by atoms with Gasteiger partial charge in [0.15, 0.2) is 6.10 Å². The highest BCUT2D eigenvalue weighted by Gasteiger charge is 2.29. The SMILES string of the molecule is CC/C=C\C/C=C\C/C=C\C/C=C\C/C=C\C/C=C\CCCCCCCCCCCCCCC(=O)OCC(O)COP(=O)(O)OCC(O)COP(=O)(O)OCC(COC(=O)CCCCCC/C=C\C/C=C\C/C=C\C/C=C\C/C=C\C/C=C\CC)OC(=O)CCCCC/C=C\C/C=C\C/C=C\C/C=C\C/C=C\CC. The zero-order valence-corrected chi connectivity index (χ0v) is 69.2. The Morgan fingerprint density at radius 2 is 0.459 bits per heavy atom. The number of unbranched alkanes of at least 4 members (excludes halogenated alkanes) is 19. The van der Waals surface area contributed by atoms with Crippen LogP contribution in [-0.2, 0) is 55.8 Å². The van der Waals surface area contributed by atoms with E-state index in [0.29, 0.717) is 19.3 Å². The molecular formula is C91H146O16P2. The lowest BCUT2D eigenvalue weighted by Gasteiger charge is -2.21. The van der Waals surface area contributed by atoms with Crippen LogP contribution in [0.2, 0.25) is 0 Å². The third-order valence-corrected chi connectivity index (χ3v) is 18.4. The van der Waals surface area contributed by atoms with Gasteiger partial charge in [-0.2, -0.15) is 0 Å². The number of carbonyl (C=O) groups is 3. The highest BCUT2D eigenvalue weighted by molar-refractivity contribution is 7.47. The molecule has 0 spiro atoms. The summed E-state index contributed by atoms with van der Waals surface area (Å²) >= 11 is 0. The first-order valence-electron chi connectivity index (χ1n) is 41.4. The van der Waals surface area contributed by atoms with Crippen LogP contribution in [0.1, 0.15) is 290 Å². The van der Waals surface area contributed by atoms with Gasteiger partial charge >= 0.3 is 33.6 Å². The van der Waals surface area contributed by atoms with Gasteiger partial charge in [0.05, 0.1) is 26.4 Å². The number of rotatable bonds is 76. The number of ether oxygens (including phenoxy) is 3. The molecule has 0 aromatic carbocycles. The van der Waals surface area contributed by atoms with Gasteiger partial charge in [0.25, 0.3) is 0 Å². The Kier molecular flexibility index (Phi) is 77.2. The van der Waals surface area contributed by atoms with Crippen molar-refractivity contribution in [2.24, 2.45) is 0 Å². The molecule has 0 aliphatic carbocycles. The summed E-state index contributed by atoms with van der Waals surface area (Å²) in [6, 6.07) is 0. The van der Waals surface area contributed by atoms with E-state index in [9.17, 15) is 43.5 Å². The highest BCUT2D eigenvalue weighted by atomic mass is 31.2. The normalized spacial score (nSPS) is 15.0. The lowest BCUT2D eigenvalue weighted by Crippen LogP contribution is -2.30. The molecule has 0 amide bonds. The van der Waals surface area contributed by atoms with E-state index in [1.54, 1.807) is 0 Å². The van der Waals surface area contributed by atoms with Crippen molar-refractivity contribution < 1.29 is 75.8 Å². The number of esters is 3. The van der Waals surface area contributed by atoms with E-state index >= 15 is 0 Å². The van der Waals surface area contributed by atoms with Crippen LogP contribution in [0.3, 0.4) is 0 Å². The van der Waals surface area contributed by atoms with Crippen LogP contribution >= 0.6 is 15.6 Å². The van der Waals surface area contributed by atoms with E-state index in [2.05, 4.69) is 227 Å². The Bertz CT molecular complexity index is 2810. The van der Waals surface area contributed by atoms with Crippen molar-refractivity contribution in [3.63, 3.8) is 0 Å². The maximum atomic E-state index is 13.0. The molecule has 0 aliphatic heterocycles. The Labute approximate surface area is 660 Å². The number of hydrogen-bond donors (Lipinski definition) is 4. The molecule has 0 heterocycles. The van der Waals surface area contributed by atoms with E-state index < -0.39 is 91.5 Å². The molecule has 0 rings (SSSR count). The molecule has 5 atom stereocenters. The van der Waals surface area contributed by atoms with Gasteiger partial charge in [-0.3, -0.25) is 32.5 Å². The van der Waals surface area contributed by atoms with E-state index in [-0.39, 0.29) is 19.3 Å². The van der Waals surface area contributed by atoms with Crippen molar-refractivity contribution in [2.45, 2.75) is 309 Å². The predicted molar refractivity (Wildman–Crippen MR) is 454 cm³/mol. The van der Waals surface area contributed by atoms with Crippen LogP contribution < -0.4 is 0 Å². The number of phosphoric acid groups is 2. The van der Waals surface area contributed by atoms with E-state index in [1.807, 2.05) is 0 Å². The minimum absolute atomic E-state index is 0.0508. The third-order valence-electron chi connectivity index (χ3n) is 16.5. The second-order valence-corrected chi connectivity index (χ2v) is 29.7. The standard InChI is InChI=1S/C91H146O16P2/c1-4-7-10-13-16-19-22-25-28-31-34-36-38-39-40-41-42-43-44-45-47-49-51-53-56-59-62-65-68-71-74-77-89(94)101-80-86(92)81-103-108(97,98)104-82-87(93)83-105-109(99,100)106-85-88(107-91(96)79-76-73-70-67-64-61-58-55-50-33-30-27-24-21-18-15-12-9-6-3)84-102-90(95)78-75-72-69-66-63-60-57-54-52-48-46-37-35-32-29-26-23-20-17-14-11-8-5-2/h7-12,16-21,25-30,34-37,39-40,42-43,48,50,52,55,57,60-61,64,86-88,92-93H,4-6,13-15,22-24,31-33,38,41,44-47,49,51,53-54,56,58-59,62-63,65-85H2,1-3H3,(H,97,98)(H,99,100)/b10-7-,11-8-,12-9-,19-16-,20-17-,21-18-,28-25-,29-26-,30-27-,36-34-,37-35-,40-39-,43-42-,52-48-,55-50-,60-57-,64-61-. The van der Waals surface area contributed by atoms with Gasteiger partial charge in [-0.05, 0) is 167 Å². The molecule has 4 N–H and O–H groups in total. The first-order chi connectivity index (χ1) is 53.2. The number of allylic oxidation sites excluding steroid dienone is 34. The molecule has 0 saturated carbocycles. The number of aliphatic hydroxyl groups is 2. The van der Waals surface area contributed by atoms with Crippen molar-refractivity contribution in [1.29, 1.82) is 0 Å². The molecule has 0 aromatic heterocycles. The summed E-state index contributed by atoms with van der Waals surface area (Å²) < 4.78 is 61.2. The van der Waals surface area contributed by atoms with Crippen molar-refractivity contribution in [3.05, 3.63) is 207 Å². The lowest BCUT2D eigenvalue weighted by atomic mass is 10.0. The molecule has 0 radical (unpaired) electrons. The fourth-order valence-electron chi connectivity index (χ4n) is 10.3. The molecule has 16 nitrogen and oxygen atoms in total. The van der Waals surface area contributed by atoms with Crippen LogP contribution in [0.5, 0.6) is 0 Å². The van der Waals surface area contributed by atoms with Gasteiger partial charge in [0, 0.05) is 19.3 Å². The smallest absolute Gasteiger partial charge is 0.463 e. The molecule has 0 fully saturated rings. The fourth-order valence-corrected chi connectivity index (χ4v) is 11.9. The van der Waals surface area contributed by atoms with Gasteiger partial charge < -0.3 is 34.2 Å². The maximum absolute atomic E-state index is 13.0. The second-order valence-electron chi connectivity index (χ2n) is 26.8. The zero-order chi connectivity index (χ0) is 79.4. The Morgan fingerprint density at radius 3 is 0.734 bits per heavy atom. The minimum atomic E-state index is -4.96. The molecule has 616 valence electrons. The molecule has 109 heavy (non-hydrogen) atoms. The third kappa shape index (κ3) is 82.9. The van der Waals surface area contributed by atoms with Gasteiger partial charge in [-0.1, -0.05) is 311 Å². The molecule has 5 unspecified atom stereocenters. The Balaban J connectivity index is 4.65. The monoisotopic (exact) mass is 1560 g/mol. The minimum Gasteiger partial charge on any atom is -0.463 e. The Hall–Kier alpha value is -5.87. The molecule has 0 saturated heterocycles. The van der Waals surface area contributed by atoms with Crippen LogP contribution in [0, 0.1) is 0 Å². The molecular weight excluding hydrogens is 1410 g/mol. The fraction of sp³-hybridized carbons (Fsp3) is 0.593. The summed E-state index contributed by atoms with van der Waals surface area (Å²) in [5, 5.41) is 20.7. The second kappa shape index (κ2) is 81.6. The number of carbonyl (C=O) groups excluding carboxylic acids is 3. The van der Waals surface area contributed by atoms with Crippen molar-refractivity contribution in [3.8, 4) is 0 Å². The van der Waals surface area contributed by atoms with Crippen molar-refractivity contribution in [1.82, 2.24) is 0 Å². The van der Waals surface area contributed by atoms with Gasteiger partial charge in [0.1, 0.15) is 25.4 Å². The van der Waals surface area contributed by atoms with E-state index in [4.69, 9.17) is 32.3 Å². The van der Waals surface area contributed by atoms with Crippen LogP contribution in [0.25, 0.3) is 0 Å². The topological polar surface area (TPSA) is 231 Å².